The molecule has 0 atom stereocenters. The molecule has 1 aliphatic heterocycles. The highest BCUT2D eigenvalue weighted by Gasteiger charge is 2.15. The molecule has 2 aromatic rings. The van der Waals surface area contributed by atoms with Crippen molar-refractivity contribution in [2.45, 2.75) is 0 Å². The molecule has 0 fully saturated rings. The summed E-state index contributed by atoms with van der Waals surface area (Å²) in [6.45, 7) is 1.23. The minimum Gasteiger partial charge on any atom is -0.486 e. The quantitative estimate of drug-likeness (QED) is 0.616. The fourth-order valence-electron chi connectivity index (χ4n) is 1.56. The van der Waals surface area contributed by atoms with E-state index in [1.807, 2.05) is 18.2 Å². The Balaban J connectivity index is 2.34. The summed E-state index contributed by atoms with van der Waals surface area (Å²) in [7, 11) is 0. The maximum absolute atomic E-state index is 5.51. The predicted molar refractivity (Wildman–Crippen MR) is 47.2 cm³/mol. The van der Waals surface area contributed by atoms with E-state index in [2.05, 4.69) is 0 Å². The normalized spacial score (nSPS) is 14.8. The number of rotatable bonds is 0. The molecule has 0 aliphatic carbocycles. The van der Waals surface area contributed by atoms with Crippen LogP contribution in [0.1, 0.15) is 0 Å². The molecule has 0 saturated heterocycles. The van der Waals surface area contributed by atoms with Crippen LogP contribution < -0.4 is 9.47 Å². The minimum absolute atomic E-state index is 0.608. The van der Waals surface area contributed by atoms with Gasteiger partial charge in [0.25, 0.3) is 0 Å². The smallest absolute Gasteiger partial charge is 0.172 e. The van der Waals surface area contributed by atoms with Gasteiger partial charge in [-0.25, -0.2) is 0 Å². The Labute approximate surface area is 74.9 Å². The van der Waals surface area contributed by atoms with E-state index < -0.39 is 0 Å². The van der Waals surface area contributed by atoms with Crippen LogP contribution >= 0.6 is 0 Å². The molecule has 0 N–H and O–H groups in total. The predicted octanol–water partition coefficient (Wildman–Crippen LogP) is 2.20. The molecule has 13 heavy (non-hydrogen) atoms. The zero-order valence-corrected chi connectivity index (χ0v) is 6.95. The first-order chi connectivity index (χ1) is 6.45. The molecule has 2 heterocycles. The summed E-state index contributed by atoms with van der Waals surface area (Å²) in [5.74, 6) is 1.61. The average molecular weight is 176 g/mol. The van der Waals surface area contributed by atoms with Crippen LogP contribution in [0.4, 0.5) is 0 Å². The Morgan fingerprint density at radius 3 is 2.92 bits per heavy atom. The molecular formula is C10H8O3. The molecule has 0 spiro atoms. The van der Waals surface area contributed by atoms with Gasteiger partial charge in [0, 0.05) is 0 Å². The summed E-state index contributed by atoms with van der Waals surface area (Å²) in [5, 5.41) is 0.984. The highest BCUT2D eigenvalue weighted by atomic mass is 16.6. The van der Waals surface area contributed by atoms with Crippen molar-refractivity contribution < 1.29 is 13.9 Å². The van der Waals surface area contributed by atoms with E-state index >= 15 is 0 Å². The standard InChI is InChI=1S/C10H8O3/c1-2-9-10(13-6-5-12-9)7-3-4-11-8(1)7/h1-4H,5-6H2. The van der Waals surface area contributed by atoms with Crippen molar-refractivity contribution in [3.05, 3.63) is 24.5 Å². The second kappa shape index (κ2) is 2.42. The molecule has 3 nitrogen and oxygen atoms in total. The number of ether oxygens (including phenoxy) is 2. The Hall–Kier alpha value is -1.64. The van der Waals surface area contributed by atoms with Crippen LogP contribution in [0.25, 0.3) is 11.0 Å². The molecular weight excluding hydrogens is 168 g/mol. The van der Waals surface area contributed by atoms with Gasteiger partial charge in [0.15, 0.2) is 11.5 Å². The summed E-state index contributed by atoms with van der Waals surface area (Å²) in [5.41, 5.74) is 0.837. The molecule has 0 unspecified atom stereocenters. The number of fused-ring (bicyclic) bond motifs is 3. The van der Waals surface area contributed by atoms with Crippen molar-refractivity contribution in [1.82, 2.24) is 0 Å². The molecule has 3 rings (SSSR count). The van der Waals surface area contributed by atoms with Crippen molar-refractivity contribution in [3.8, 4) is 11.5 Å². The fourth-order valence-corrected chi connectivity index (χ4v) is 1.56. The Kier molecular flexibility index (Phi) is 1.27. The molecule has 0 amide bonds. The molecule has 66 valence electrons. The van der Waals surface area contributed by atoms with Crippen LogP contribution in [-0.4, -0.2) is 13.2 Å². The first kappa shape index (κ1) is 6.83. The van der Waals surface area contributed by atoms with E-state index in [0.717, 1.165) is 22.5 Å². The Bertz CT molecular complexity index is 444. The fraction of sp³-hybridized carbons (Fsp3) is 0.200. The van der Waals surface area contributed by atoms with E-state index in [4.69, 9.17) is 13.9 Å². The molecule has 0 bridgehead atoms. The van der Waals surface area contributed by atoms with E-state index in [9.17, 15) is 0 Å². The lowest BCUT2D eigenvalue weighted by atomic mass is 10.2. The van der Waals surface area contributed by atoms with Crippen molar-refractivity contribution in [2.24, 2.45) is 0 Å². The minimum atomic E-state index is 0.608. The van der Waals surface area contributed by atoms with Gasteiger partial charge in [-0.1, -0.05) is 0 Å². The first-order valence-corrected chi connectivity index (χ1v) is 4.21. The number of furan rings is 1. The summed E-state index contributed by atoms with van der Waals surface area (Å²) in [4.78, 5) is 0. The third-order valence-electron chi connectivity index (χ3n) is 2.14. The number of hydrogen-bond donors (Lipinski definition) is 0. The lowest BCUT2D eigenvalue weighted by Crippen LogP contribution is -2.15. The van der Waals surface area contributed by atoms with E-state index in [-0.39, 0.29) is 0 Å². The monoisotopic (exact) mass is 176 g/mol. The molecule has 1 aliphatic rings. The van der Waals surface area contributed by atoms with Crippen LogP contribution in [0.15, 0.2) is 28.9 Å². The van der Waals surface area contributed by atoms with Crippen molar-refractivity contribution in [1.29, 1.82) is 0 Å². The third-order valence-corrected chi connectivity index (χ3v) is 2.14. The zero-order valence-electron chi connectivity index (χ0n) is 6.95. The highest BCUT2D eigenvalue weighted by Crippen LogP contribution is 2.37. The van der Waals surface area contributed by atoms with Gasteiger partial charge >= 0.3 is 0 Å². The van der Waals surface area contributed by atoms with Gasteiger partial charge in [-0.15, -0.1) is 0 Å². The van der Waals surface area contributed by atoms with Gasteiger partial charge in [0.1, 0.15) is 18.8 Å². The maximum atomic E-state index is 5.51. The van der Waals surface area contributed by atoms with Crippen molar-refractivity contribution in [2.75, 3.05) is 13.2 Å². The van der Waals surface area contributed by atoms with Gasteiger partial charge in [-0.2, -0.15) is 0 Å². The second-order valence-electron chi connectivity index (χ2n) is 2.92. The van der Waals surface area contributed by atoms with E-state index in [0.29, 0.717) is 13.2 Å². The van der Waals surface area contributed by atoms with E-state index in [1.165, 1.54) is 0 Å². The van der Waals surface area contributed by atoms with Crippen LogP contribution in [0.5, 0.6) is 11.5 Å². The number of hydrogen-bond acceptors (Lipinski definition) is 3. The lowest BCUT2D eigenvalue weighted by Gasteiger charge is -2.18. The first-order valence-electron chi connectivity index (χ1n) is 4.21. The summed E-state index contributed by atoms with van der Waals surface area (Å²) in [6, 6.07) is 5.66. The van der Waals surface area contributed by atoms with Gasteiger partial charge in [-0.3, -0.25) is 0 Å². The topological polar surface area (TPSA) is 31.6 Å². The van der Waals surface area contributed by atoms with Gasteiger partial charge in [0.05, 0.1) is 11.6 Å². The van der Waals surface area contributed by atoms with Crippen molar-refractivity contribution >= 4 is 11.0 Å². The highest BCUT2D eigenvalue weighted by molar-refractivity contribution is 5.87. The van der Waals surface area contributed by atoms with Gasteiger partial charge in [-0.05, 0) is 18.2 Å². The molecule has 3 heteroatoms. The Morgan fingerprint density at radius 1 is 1.00 bits per heavy atom. The second-order valence-corrected chi connectivity index (χ2v) is 2.92. The maximum Gasteiger partial charge on any atom is 0.172 e. The van der Waals surface area contributed by atoms with Crippen LogP contribution in [0.3, 0.4) is 0 Å². The van der Waals surface area contributed by atoms with Gasteiger partial charge in [0.2, 0.25) is 0 Å². The summed E-state index contributed by atoms with van der Waals surface area (Å²) < 4.78 is 16.2. The third kappa shape index (κ3) is 0.900. The van der Waals surface area contributed by atoms with Crippen LogP contribution in [0, 0.1) is 0 Å². The summed E-state index contributed by atoms with van der Waals surface area (Å²) >= 11 is 0. The Morgan fingerprint density at radius 2 is 1.92 bits per heavy atom. The molecule has 1 aromatic heterocycles. The molecule has 0 saturated carbocycles. The number of benzene rings is 1. The largest absolute Gasteiger partial charge is 0.486 e. The average Bonchev–Trinajstić information content (AvgIpc) is 2.65. The van der Waals surface area contributed by atoms with Crippen molar-refractivity contribution in [3.63, 3.8) is 0 Å². The van der Waals surface area contributed by atoms with E-state index in [1.54, 1.807) is 6.26 Å². The SMILES string of the molecule is c1cc2c3c(ccc2o1)OCCO3. The van der Waals surface area contributed by atoms with Gasteiger partial charge < -0.3 is 13.9 Å². The molecule has 0 radical (unpaired) electrons. The van der Waals surface area contributed by atoms with Crippen LogP contribution in [-0.2, 0) is 0 Å². The van der Waals surface area contributed by atoms with Crippen LogP contribution in [0.2, 0.25) is 0 Å². The zero-order chi connectivity index (χ0) is 8.67. The molecule has 1 aromatic carbocycles. The summed E-state index contributed by atoms with van der Waals surface area (Å²) in [6.07, 6.45) is 1.66. The lowest BCUT2D eigenvalue weighted by molar-refractivity contribution is 0.174.